The highest BCUT2D eigenvalue weighted by atomic mass is 19.1. The number of amides is 1. The molecular weight excluding hydrogens is 487 g/mol. The predicted octanol–water partition coefficient (Wildman–Crippen LogP) is 5.24. The average molecular weight is 515 g/mol. The fourth-order valence-electron chi connectivity index (χ4n) is 3.75. The van der Waals surface area contributed by atoms with Gasteiger partial charge in [0, 0.05) is 24.5 Å². The molecule has 1 atom stereocenters. The summed E-state index contributed by atoms with van der Waals surface area (Å²) in [6.07, 6.45) is 3.39. The zero-order chi connectivity index (χ0) is 26.9. The number of aromatic nitrogens is 1. The minimum Gasteiger partial charge on any atom is -0.493 e. The van der Waals surface area contributed by atoms with Crippen molar-refractivity contribution in [3.05, 3.63) is 113 Å². The highest BCUT2D eigenvalue weighted by Gasteiger charge is 2.19. The third-order valence-corrected chi connectivity index (χ3v) is 5.80. The number of benzene rings is 3. The molecule has 0 aliphatic carbocycles. The standard InChI is InChI=1S/C30H27FN2O5/c1-20-26(33-29(38-20)23-5-3-2-4-6-23)17-18-37-25-14-9-22(10-15-25)19-27(30(35)36)32-28(34)16-11-21-7-12-24(31)13-8-21/h2-16,27H,17-19H2,1H3,(H,32,34)(H,35,36)/t27-/m0/s1. The number of nitrogens with one attached hydrogen (secondary N) is 1. The maximum absolute atomic E-state index is 13.0. The van der Waals surface area contributed by atoms with Crippen molar-refractivity contribution in [1.29, 1.82) is 0 Å². The molecular formula is C30H27FN2O5. The van der Waals surface area contributed by atoms with Crippen molar-refractivity contribution in [3.63, 3.8) is 0 Å². The van der Waals surface area contributed by atoms with Crippen molar-refractivity contribution in [2.75, 3.05) is 6.61 Å². The van der Waals surface area contributed by atoms with Crippen molar-refractivity contribution in [2.45, 2.75) is 25.8 Å². The number of ether oxygens (including phenoxy) is 1. The van der Waals surface area contributed by atoms with Gasteiger partial charge in [0.2, 0.25) is 11.8 Å². The lowest BCUT2D eigenvalue weighted by atomic mass is 10.1. The molecule has 194 valence electrons. The fraction of sp³-hybridized carbons (Fsp3) is 0.167. The second kappa shape index (κ2) is 12.5. The molecule has 4 aromatic rings. The Balaban J connectivity index is 1.28. The molecule has 38 heavy (non-hydrogen) atoms. The molecule has 0 aliphatic heterocycles. The van der Waals surface area contributed by atoms with Gasteiger partial charge in [-0.1, -0.05) is 42.5 Å². The lowest BCUT2D eigenvalue weighted by molar-refractivity contribution is -0.141. The summed E-state index contributed by atoms with van der Waals surface area (Å²) < 4.78 is 24.6. The summed E-state index contributed by atoms with van der Waals surface area (Å²) in [5.41, 5.74) is 3.10. The zero-order valence-electron chi connectivity index (χ0n) is 20.8. The molecule has 7 nitrogen and oxygen atoms in total. The fourth-order valence-corrected chi connectivity index (χ4v) is 3.75. The van der Waals surface area contributed by atoms with Gasteiger partial charge in [0.15, 0.2) is 0 Å². The van der Waals surface area contributed by atoms with E-state index in [9.17, 15) is 19.1 Å². The summed E-state index contributed by atoms with van der Waals surface area (Å²) in [6, 6.07) is 21.2. The predicted molar refractivity (Wildman–Crippen MR) is 141 cm³/mol. The minimum atomic E-state index is -1.15. The van der Waals surface area contributed by atoms with E-state index in [4.69, 9.17) is 9.15 Å². The molecule has 8 heteroatoms. The lowest BCUT2D eigenvalue weighted by Gasteiger charge is -2.14. The number of halogens is 1. The zero-order valence-corrected chi connectivity index (χ0v) is 20.8. The summed E-state index contributed by atoms with van der Waals surface area (Å²) in [7, 11) is 0. The molecule has 1 aromatic heterocycles. The van der Waals surface area contributed by atoms with Gasteiger partial charge in [-0.25, -0.2) is 14.2 Å². The van der Waals surface area contributed by atoms with E-state index in [1.807, 2.05) is 37.3 Å². The molecule has 0 unspecified atom stereocenters. The van der Waals surface area contributed by atoms with Crippen LogP contribution in [0.4, 0.5) is 4.39 Å². The van der Waals surface area contributed by atoms with E-state index < -0.39 is 17.9 Å². The topological polar surface area (TPSA) is 102 Å². The SMILES string of the molecule is Cc1oc(-c2ccccc2)nc1CCOc1ccc(C[C@H](NC(=O)C=Cc2ccc(F)cc2)C(=O)O)cc1. The lowest BCUT2D eigenvalue weighted by Crippen LogP contribution is -2.41. The number of carboxylic acid groups (broad SMARTS) is 1. The maximum atomic E-state index is 13.0. The number of aryl methyl sites for hydroxylation is 1. The van der Waals surface area contributed by atoms with Crippen molar-refractivity contribution in [3.8, 4) is 17.2 Å². The van der Waals surface area contributed by atoms with Gasteiger partial charge in [0.1, 0.15) is 23.4 Å². The summed E-state index contributed by atoms with van der Waals surface area (Å²) in [5, 5.41) is 12.0. The Morgan fingerprint density at radius 2 is 1.76 bits per heavy atom. The van der Waals surface area contributed by atoms with Crippen LogP contribution in [0.1, 0.15) is 22.6 Å². The van der Waals surface area contributed by atoms with Crippen LogP contribution in [-0.2, 0) is 22.4 Å². The van der Waals surface area contributed by atoms with Gasteiger partial charge in [0.05, 0.1) is 12.3 Å². The number of carbonyl (C=O) groups excluding carboxylic acids is 1. The van der Waals surface area contributed by atoms with Gasteiger partial charge in [-0.3, -0.25) is 4.79 Å². The van der Waals surface area contributed by atoms with Gasteiger partial charge in [-0.2, -0.15) is 0 Å². The smallest absolute Gasteiger partial charge is 0.326 e. The van der Waals surface area contributed by atoms with E-state index in [1.165, 1.54) is 36.4 Å². The van der Waals surface area contributed by atoms with E-state index in [-0.39, 0.29) is 12.2 Å². The molecule has 0 saturated carbocycles. The average Bonchev–Trinajstić information content (AvgIpc) is 3.29. The summed E-state index contributed by atoms with van der Waals surface area (Å²) >= 11 is 0. The van der Waals surface area contributed by atoms with Crippen LogP contribution in [0.2, 0.25) is 0 Å². The Morgan fingerprint density at radius 1 is 1.05 bits per heavy atom. The first-order valence-corrected chi connectivity index (χ1v) is 12.1. The molecule has 0 aliphatic rings. The molecule has 2 N–H and O–H groups in total. The van der Waals surface area contributed by atoms with Gasteiger partial charge in [0.25, 0.3) is 0 Å². The van der Waals surface area contributed by atoms with Crippen LogP contribution in [0.25, 0.3) is 17.5 Å². The molecule has 3 aromatic carbocycles. The van der Waals surface area contributed by atoms with Crippen LogP contribution in [0.3, 0.4) is 0 Å². The molecule has 0 saturated heterocycles. The van der Waals surface area contributed by atoms with E-state index in [0.29, 0.717) is 30.2 Å². The summed E-state index contributed by atoms with van der Waals surface area (Å²) in [4.78, 5) is 28.5. The van der Waals surface area contributed by atoms with E-state index in [2.05, 4.69) is 10.3 Å². The number of oxazole rings is 1. The summed E-state index contributed by atoms with van der Waals surface area (Å²) in [6.45, 7) is 2.27. The summed E-state index contributed by atoms with van der Waals surface area (Å²) in [5.74, 6) is -0.120. The molecule has 0 spiro atoms. The van der Waals surface area contributed by atoms with Gasteiger partial charge >= 0.3 is 5.97 Å². The Kier molecular flexibility index (Phi) is 8.66. The monoisotopic (exact) mass is 514 g/mol. The Morgan fingerprint density at radius 3 is 2.45 bits per heavy atom. The number of hydrogen-bond acceptors (Lipinski definition) is 5. The molecule has 0 radical (unpaired) electrons. The van der Waals surface area contributed by atoms with Gasteiger partial charge in [-0.05, 0) is 60.5 Å². The van der Waals surface area contributed by atoms with Crippen LogP contribution in [-0.4, -0.2) is 34.6 Å². The highest BCUT2D eigenvalue weighted by molar-refractivity contribution is 5.94. The Labute approximate surface area is 219 Å². The largest absolute Gasteiger partial charge is 0.493 e. The van der Waals surface area contributed by atoms with Crippen molar-refractivity contribution < 1.29 is 28.2 Å². The third kappa shape index (κ3) is 7.39. The minimum absolute atomic E-state index is 0.103. The van der Waals surface area contributed by atoms with Crippen molar-refractivity contribution in [1.82, 2.24) is 10.3 Å². The first-order valence-electron chi connectivity index (χ1n) is 12.1. The van der Waals surface area contributed by atoms with Crippen molar-refractivity contribution >= 4 is 18.0 Å². The number of aliphatic carboxylic acids is 1. The normalized spacial score (nSPS) is 11.8. The first kappa shape index (κ1) is 26.3. The van der Waals surface area contributed by atoms with Gasteiger partial charge in [-0.15, -0.1) is 0 Å². The van der Waals surface area contributed by atoms with Gasteiger partial charge < -0.3 is 19.6 Å². The Bertz CT molecular complexity index is 1400. The number of hydrogen-bond donors (Lipinski definition) is 2. The van der Waals surface area contributed by atoms with E-state index in [0.717, 1.165) is 22.6 Å². The molecule has 1 amide bonds. The van der Waals surface area contributed by atoms with Crippen molar-refractivity contribution in [2.24, 2.45) is 0 Å². The molecule has 4 rings (SSSR count). The highest BCUT2D eigenvalue weighted by Crippen LogP contribution is 2.22. The molecule has 0 fully saturated rings. The van der Waals surface area contributed by atoms with Crippen LogP contribution in [0.15, 0.2) is 89.4 Å². The first-order chi connectivity index (χ1) is 18.4. The second-order valence-electron chi connectivity index (χ2n) is 8.62. The van der Waals surface area contributed by atoms with Crippen LogP contribution < -0.4 is 10.1 Å². The quantitative estimate of drug-likeness (QED) is 0.266. The number of rotatable bonds is 11. The van der Waals surface area contributed by atoms with Crippen LogP contribution in [0.5, 0.6) is 5.75 Å². The number of carbonyl (C=O) groups is 2. The second-order valence-corrected chi connectivity index (χ2v) is 8.62. The molecule has 0 bridgehead atoms. The molecule has 1 heterocycles. The van der Waals surface area contributed by atoms with Crippen LogP contribution >= 0.6 is 0 Å². The van der Waals surface area contributed by atoms with Crippen LogP contribution in [0, 0.1) is 12.7 Å². The maximum Gasteiger partial charge on any atom is 0.326 e. The Hall–Kier alpha value is -4.72. The van der Waals surface area contributed by atoms with E-state index >= 15 is 0 Å². The third-order valence-electron chi connectivity index (χ3n) is 5.80. The number of nitrogens with zero attached hydrogens (tertiary/aromatic N) is 1. The van der Waals surface area contributed by atoms with E-state index in [1.54, 1.807) is 24.3 Å². The number of carboxylic acids is 1.